The summed E-state index contributed by atoms with van der Waals surface area (Å²) in [6, 6.07) is 10.6. The quantitative estimate of drug-likeness (QED) is 0.289. The van der Waals surface area contributed by atoms with E-state index in [1.165, 1.54) is 50.5 Å². The summed E-state index contributed by atoms with van der Waals surface area (Å²) in [6.45, 7) is 9.71. The molecule has 6 heteroatoms. The Balaban J connectivity index is 0.00000450. The van der Waals surface area contributed by atoms with Gasteiger partial charge < -0.3 is 21.5 Å². The molecule has 4 nitrogen and oxygen atoms in total. The van der Waals surface area contributed by atoms with Gasteiger partial charge in [0.15, 0.2) is 0 Å². The summed E-state index contributed by atoms with van der Waals surface area (Å²) in [6.07, 6.45) is 10.9. The van der Waals surface area contributed by atoms with Gasteiger partial charge >= 0.3 is 0 Å². The molecule has 0 saturated carbocycles. The number of hydrogen-bond acceptors (Lipinski definition) is 2. The van der Waals surface area contributed by atoms with E-state index in [1.807, 2.05) is 0 Å². The lowest BCUT2D eigenvalue weighted by Gasteiger charge is -2.44. The summed E-state index contributed by atoms with van der Waals surface area (Å²) in [5.74, 6) is 0.327. The van der Waals surface area contributed by atoms with Gasteiger partial charge in [0.2, 0.25) is 10.0 Å². The number of piperazine rings is 1. The van der Waals surface area contributed by atoms with Crippen molar-refractivity contribution in [1.82, 2.24) is 4.31 Å². The molecule has 0 N–H and O–H groups in total. The molecule has 1 aromatic rings. The number of halogens is 1. The van der Waals surface area contributed by atoms with Crippen LogP contribution in [0.15, 0.2) is 30.3 Å². The summed E-state index contributed by atoms with van der Waals surface area (Å²) in [5, 5.41) is 0. The van der Waals surface area contributed by atoms with Gasteiger partial charge in [-0.05, 0) is 13.3 Å². The van der Waals surface area contributed by atoms with E-state index in [0.717, 1.165) is 43.5 Å². The second-order valence-corrected chi connectivity index (χ2v) is 10.9. The van der Waals surface area contributed by atoms with Crippen LogP contribution >= 0.6 is 0 Å². The molecule has 1 fully saturated rings. The van der Waals surface area contributed by atoms with E-state index < -0.39 is 10.0 Å². The SMILES string of the molecule is CCCCCCCCCCCS(=O)(=O)N1CC[N+](CC)(Cc2ccccc2)CC1.[Br-]. The number of quaternary nitrogens is 1. The molecule has 30 heavy (non-hydrogen) atoms. The van der Waals surface area contributed by atoms with Gasteiger partial charge in [0.05, 0.1) is 38.5 Å². The smallest absolute Gasteiger partial charge is 0.214 e. The maximum absolute atomic E-state index is 12.8. The van der Waals surface area contributed by atoms with Crippen molar-refractivity contribution in [3.8, 4) is 0 Å². The van der Waals surface area contributed by atoms with Crippen LogP contribution < -0.4 is 17.0 Å². The molecule has 1 saturated heterocycles. The molecule has 0 atom stereocenters. The normalized spacial score (nSPS) is 16.9. The maximum Gasteiger partial charge on any atom is 0.214 e. The van der Waals surface area contributed by atoms with Crippen LogP contribution in [0.5, 0.6) is 0 Å². The lowest BCUT2D eigenvalue weighted by atomic mass is 10.1. The number of benzene rings is 1. The number of unbranched alkanes of at least 4 members (excludes halogenated alkanes) is 8. The molecule has 0 aromatic heterocycles. The third-order valence-corrected chi connectivity index (χ3v) is 8.53. The first-order valence-electron chi connectivity index (χ1n) is 11.9. The Morgan fingerprint density at radius 2 is 1.37 bits per heavy atom. The first-order chi connectivity index (χ1) is 14.0. The van der Waals surface area contributed by atoms with Gasteiger partial charge in [0.25, 0.3) is 0 Å². The standard InChI is InChI=1S/C24H43N2O2S.BrH/c1-3-5-6-7-8-9-10-11-15-22-29(27,28)25-18-20-26(4-2,21-19-25)23-24-16-13-12-14-17-24;/h12-14,16-17H,3-11,15,18-23H2,1-2H3;1H/q+1;/p-1. The van der Waals surface area contributed by atoms with Crippen LogP contribution in [0.4, 0.5) is 0 Å². The van der Waals surface area contributed by atoms with Gasteiger partial charge in [-0.2, -0.15) is 4.31 Å². The number of likely N-dealkylation sites (N-methyl/N-ethyl adjacent to an activating group) is 1. The highest BCUT2D eigenvalue weighted by molar-refractivity contribution is 7.89. The van der Waals surface area contributed by atoms with Crippen molar-refractivity contribution in [2.45, 2.75) is 78.2 Å². The summed E-state index contributed by atoms with van der Waals surface area (Å²) in [7, 11) is -3.10. The fraction of sp³-hybridized carbons (Fsp3) is 0.750. The number of sulfonamides is 1. The van der Waals surface area contributed by atoms with Crippen molar-refractivity contribution < 1.29 is 29.9 Å². The molecule has 174 valence electrons. The topological polar surface area (TPSA) is 37.4 Å². The molecular weight excluding hydrogens is 460 g/mol. The zero-order valence-electron chi connectivity index (χ0n) is 19.2. The van der Waals surface area contributed by atoms with Crippen LogP contribution in [0.25, 0.3) is 0 Å². The summed E-state index contributed by atoms with van der Waals surface area (Å²) in [5.41, 5.74) is 1.35. The molecule has 0 unspecified atom stereocenters. The highest BCUT2D eigenvalue weighted by Crippen LogP contribution is 2.21. The number of nitrogens with zero attached hydrogens (tertiary/aromatic N) is 2. The lowest BCUT2D eigenvalue weighted by Crippen LogP contribution is -3.00. The van der Waals surface area contributed by atoms with Crippen LogP contribution in [0, 0.1) is 0 Å². The van der Waals surface area contributed by atoms with Gasteiger partial charge in [0, 0.05) is 5.56 Å². The predicted molar refractivity (Wildman–Crippen MR) is 123 cm³/mol. The fourth-order valence-electron chi connectivity index (χ4n) is 4.43. The molecule has 1 aliphatic heterocycles. The van der Waals surface area contributed by atoms with E-state index in [-0.39, 0.29) is 17.0 Å². The molecule has 1 aromatic carbocycles. The zero-order chi connectivity index (χ0) is 21.0. The van der Waals surface area contributed by atoms with Crippen LogP contribution in [0.1, 0.15) is 77.2 Å². The molecule has 0 amide bonds. The predicted octanol–water partition coefficient (Wildman–Crippen LogP) is 2.20. The Kier molecular flexibility index (Phi) is 13.4. The Morgan fingerprint density at radius 1 is 0.833 bits per heavy atom. The van der Waals surface area contributed by atoms with E-state index in [1.54, 1.807) is 4.31 Å². The second kappa shape index (κ2) is 14.6. The highest BCUT2D eigenvalue weighted by Gasteiger charge is 2.35. The van der Waals surface area contributed by atoms with Crippen LogP contribution in [0.2, 0.25) is 0 Å². The Bertz CT molecular complexity index is 659. The molecule has 0 aliphatic carbocycles. The Labute approximate surface area is 196 Å². The fourth-order valence-corrected chi connectivity index (χ4v) is 5.98. The molecule has 2 rings (SSSR count). The van der Waals surface area contributed by atoms with Crippen molar-refractivity contribution in [2.75, 3.05) is 38.5 Å². The monoisotopic (exact) mass is 502 g/mol. The maximum atomic E-state index is 12.8. The van der Waals surface area contributed by atoms with E-state index >= 15 is 0 Å². The molecule has 0 bridgehead atoms. The van der Waals surface area contributed by atoms with Crippen molar-refractivity contribution >= 4 is 10.0 Å². The van der Waals surface area contributed by atoms with Crippen molar-refractivity contribution in [1.29, 1.82) is 0 Å². The molecule has 0 radical (unpaired) electrons. The first-order valence-corrected chi connectivity index (χ1v) is 13.5. The Morgan fingerprint density at radius 3 is 1.90 bits per heavy atom. The minimum Gasteiger partial charge on any atom is -1.00 e. The van der Waals surface area contributed by atoms with Crippen molar-refractivity contribution in [2.24, 2.45) is 0 Å². The van der Waals surface area contributed by atoms with Gasteiger partial charge in [-0.15, -0.1) is 0 Å². The van der Waals surface area contributed by atoms with Crippen molar-refractivity contribution in [3.05, 3.63) is 35.9 Å². The van der Waals surface area contributed by atoms with E-state index in [0.29, 0.717) is 18.8 Å². The third-order valence-electron chi connectivity index (χ3n) is 6.58. The Hall–Kier alpha value is -0.430. The van der Waals surface area contributed by atoms with Crippen molar-refractivity contribution in [3.63, 3.8) is 0 Å². The number of hydrogen-bond donors (Lipinski definition) is 0. The van der Waals surface area contributed by atoms with Crippen LogP contribution in [-0.4, -0.2) is 55.7 Å². The summed E-state index contributed by atoms with van der Waals surface area (Å²) < 4.78 is 28.3. The van der Waals surface area contributed by atoms with Crippen LogP contribution in [-0.2, 0) is 16.6 Å². The van der Waals surface area contributed by atoms with E-state index in [4.69, 9.17) is 0 Å². The minimum atomic E-state index is -3.10. The first kappa shape index (κ1) is 27.6. The average Bonchev–Trinajstić information content (AvgIpc) is 2.73. The molecular formula is C24H43BrN2O2S. The van der Waals surface area contributed by atoms with Gasteiger partial charge in [-0.25, -0.2) is 8.42 Å². The summed E-state index contributed by atoms with van der Waals surface area (Å²) >= 11 is 0. The largest absolute Gasteiger partial charge is 1.00 e. The van der Waals surface area contributed by atoms with Gasteiger partial charge in [-0.1, -0.05) is 88.6 Å². The summed E-state index contributed by atoms with van der Waals surface area (Å²) in [4.78, 5) is 0. The third kappa shape index (κ3) is 9.37. The molecule has 1 heterocycles. The molecule has 0 spiro atoms. The van der Waals surface area contributed by atoms with Gasteiger partial charge in [-0.3, -0.25) is 0 Å². The molecule has 1 aliphatic rings. The second-order valence-electron chi connectivity index (χ2n) is 8.79. The van der Waals surface area contributed by atoms with E-state index in [9.17, 15) is 8.42 Å². The number of rotatable bonds is 14. The van der Waals surface area contributed by atoms with Gasteiger partial charge in [0.1, 0.15) is 6.54 Å². The minimum absolute atomic E-state index is 0. The zero-order valence-corrected chi connectivity index (χ0v) is 21.6. The van der Waals surface area contributed by atoms with E-state index in [2.05, 4.69) is 44.2 Å². The highest BCUT2D eigenvalue weighted by atomic mass is 79.9. The van der Waals surface area contributed by atoms with Crippen LogP contribution in [0.3, 0.4) is 0 Å². The average molecular weight is 504 g/mol. The lowest BCUT2D eigenvalue weighted by molar-refractivity contribution is -0.942.